The van der Waals surface area contributed by atoms with Crippen LogP contribution in [0.3, 0.4) is 0 Å². The molecule has 0 unspecified atom stereocenters. The summed E-state index contributed by atoms with van der Waals surface area (Å²) in [7, 11) is 1.51. The van der Waals surface area contributed by atoms with Crippen LogP contribution in [0.1, 0.15) is 33.4 Å². The molecule has 5 atom stereocenters. The van der Waals surface area contributed by atoms with Crippen molar-refractivity contribution in [1.82, 2.24) is 0 Å². The first-order valence-corrected chi connectivity index (χ1v) is 17.9. The molecule has 0 aliphatic carbocycles. The van der Waals surface area contributed by atoms with Gasteiger partial charge in [0.15, 0.2) is 6.61 Å². The van der Waals surface area contributed by atoms with E-state index < -0.39 is 49.6 Å². The quantitative estimate of drug-likeness (QED) is 0.108. The lowest BCUT2D eigenvalue weighted by atomic mass is 9.86. The summed E-state index contributed by atoms with van der Waals surface area (Å²) in [5.74, 6) is -1.52. The van der Waals surface area contributed by atoms with Gasteiger partial charge in [0.25, 0.3) is 0 Å². The number of ether oxygens (including phenoxy) is 6. The van der Waals surface area contributed by atoms with Crippen LogP contribution in [-0.4, -0.2) is 56.0 Å². The molecule has 1 fully saturated rings. The second-order valence-electron chi connectivity index (χ2n) is 13.0. The van der Waals surface area contributed by atoms with E-state index in [2.05, 4.69) is 0 Å². The van der Waals surface area contributed by atoms with Gasteiger partial charge in [0.1, 0.15) is 30.2 Å². The molecule has 54 heavy (non-hydrogen) atoms. The molecule has 5 aromatic carbocycles. The largest absolute Gasteiger partial charge is 0.484 e. The molecule has 0 aromatic heterocycles. The molecular weight excluding hydrogens is 721 g/mol. The predicted octanol–water partition coefficient (Wildman–Crippen LogP) is 8.82. The first-order valence-electron chi connectivity index (χ1n) is 17.5. The van der Waals surface area contributed by atoms with Crippen molar-refractivity contribution in [1.29, 1.82) is 0 Å². The van der Waals surface area contributed by atoms with Crippen molar-refractivity contribution in [2.75, 3.05) is 20.3 Å². The van der Waals surface area contributed by atoms with Crippen LogP contribution < -0.4 is 4.74 Å². The van der Waals surface area contributed by atoms with Gasteiger partial charge in [-0.3, -0.25) is 0 Å². The summed E-state index contributed by atoms with van der Waals surface area (Å²) in [4.78, 5) is 0. The number of hydrogen-bond donors (Lipinski definition) is 1. The van der Waals surface area contributed by atoms with E-state index in [1.165, 1.54) is 19.2 Å². The van der Waals surface area contributed by atoms with Crippen LogP contribution in [0.15, 0.2) is 133 Å². The fraction of sp³-hybridized carbons (Fsp3) is 0.302. The average molecular weight is 763 g/mol. The summed E-state index contributed by atoms with van der Waals surface area (Å²) in [6.07, 6.45) is -7.55. The smallest absolute Gasteiger partial charge is 0.422 e. The second-order valence-corrected chi connectivity index (χ2v) is 13.4. The first kappa shape index (κ1) is 39.4. The SMILES string of the molecule is CO[C@@]1(c2ccc(Cl)c(Cc3ccc(OCC(F)(F)F)cc3)c2)O[C@@H](CO)[C@H](OCc2ccccc2)[C@H](OCc2ccccc2)[C@H]1OCc1ccccc1. The van der Waals surface area contributed by atoms with E-state index in [1.807, 2.05) is 97.1 Å². The Morgan fingerprint density at radius 3 is 1.74 bits per heavy atom. The molecule has 1 aliphatic heterocycles. The molecule has 0 saturated carbocycles. The van der Waals surface area contributed by atoms with E-state index in [9.17, 15) is 18.3 Å². The highest BCUT2D eigenvalue weighted by Crippen LogP contribution is 2.44. The van der Waals surface area contributed by atoms with E-state index in [0.29, 0.717) is 22.6 Å². The standard InChI is InChI=1S/C43H42ClF3O7/c1-49-43(35-19-22-37(44)34(24-35)23-30-17-20-36(21-18-30)53-29-42(45,46)47)41(52-28-33-15-9-4-10-16-33)40(51-27-32-13-7-3-8-14-32)39(38(25-48)54-43)50-26-31-11-5-2-6-12-31/h2-22,24,38-41,48H,23,25-29H2,1H3/t38-,39-,40-,41+,43-/m0/s1. The van der Waals surface area contributed by atoms with Crippen molar-refractivity contribution < 1.29 is 46.7 Å². The Labute approximate surface area is 318 Å². The zero-order valence-corrected chi connectivity index (χ0v) is 30.4. The highest BCUT2D eigenvalue weighted by atomic mass is 35.5. The molecule has 284 valence electrons. The lowest BCUT2D eigenvalue weighted by molar-refractivity contribution is -0.384. The first-order chi connectivity index (χ1) is 26.2. The van der Waals surface area contributed by atoms with Crippen molar-refractivity contribution in [3.05, 3.63) is 172 Å². The third kappa shape index (κ3) is 10.1. The lowest BCUT2D eigenvalue weighted by Crippen LogP contribution is -2.66. The maximum absolute atomic E-state index is 12.7. The molecule has 1 heterocycles. The summed E-state index contributed by atoms with van der Waals surface area (Å²) in [6, 6.07) is 40.9. The third-order valence-electron chi connectivity index (χ3n) is 9.18. The number of methoxy groups -OCH3 is 1. The normalized spacial score (nSPS) is 21.5. The van der Waals surface area contributed by atoms with Gasteiger partial charge in [0.05, 0.1) is 26.4 Å². The van der Waals surface area contributed by atoms with E-state index in [4.69, 9.17) is 40.0 Å². The Morgan fingerprint density at radius 2 is 1.22 bits per heavy atom. The zero-order chi connectivity index (χ0) is 38.0. The summed E-state index contributed by atoms with van der Waals surface area (Å²) >= 11 is 6.76. The van der Waals surface area contributed by atoms with Gasteiger partial charge in [-0.15, -0.1) is 0 Å². The number of alkyl halides is 3. The Bertz CT molecular complexity index is 1880. The third-order valence-corrected chi connectivity index (χ3v) is 9.55. The molecule has 0 bridgehead atoms. The van der Waals surface area contributed by atoms with Crippen LogP contribution in [0, 0.1) is 0 Å². The van der Waals surface area contributed by atoms with Gasteiger partial charge < -0.3 is 33.5 Å². The number of halogens is 4. The van der Waals surface area contributed by atoms with E-state index in [1.54, 1.807) is 24.3 Å². The molecule has 7 nitrogen and oxygen atoms in total. The molecule has 0 amide bonds. The van der Waals surface area contributed by atoms with Gasteiger partial charge in [-0.05, 0) is 58.5 Å². The van der Waals surface area contributed by atoms with Crippen molar-refractivity contribution in [3.63, 3.8) is 0 Å². The van der Waals surface area contributed by atoms with Crippen molar-refractivity contribution in [2.45, 2.75) is 62.6 Å². The molecule has 11 heteroatoms. The van der Waals surface area contributed by atoms with Gasteiger partial charge in [-0.25, -0.2) is 0 Å². The van der Waals surface area contributed by atoms with Gasteiger partial charge >= 0.3 is 6.18 Å². The molecular formula is C43H42ClF3O7. The summed E-state index contributed by atoms with van der Waals surface area (Å²) < 4.78 is 76.2. The molecule has 6 rings (SSSR count). The zero-order valence-electron chi connectivity index (χ0n) is 29.7. The molecule has 1 saturated heterocycles. The maximum Gasteiger partial charge on any atom is 0.422 e. The van der Waals surface area contributed by atoms with E-state index >= 15 is 0 Å². The number of rotatable bonds is 16. The minimum atomic E-state index is -4.44. The Morgan fingerprint density at radius 1 is 0.685 bits per heavy atom. The highest BCUT2D eigenvalue weighted by molar-refractivity contribution is 6.31. The predicted molar refractivity (Wildman–Crippen MR) is 198 cm³/mol. The second kappa shape index (κ2) is 18.4. The summed E-state index contributed by atoms with van der Waals surface area (Å²) in [6.45, 7) is -1.16. The van der Waals surface area contributed by atoms with Crippen molar-refractivity contribution in [2.24, 2.45) is 0 Å². The minimum absolute atomic E-state index is 0.101. The van der Waals surface area contributed by atoms with E-state index in [0.717, 1.165) is 22.3 Å². The monoisotopic (exact) mass is 762 g/mol. The number of hydrogen-bond acceptors (Lipinski definition) is 7. The van der Waals surface area contributed by atoms with E-state index in [-0.39, 0.29) is 25.6 Å². The molecule has 5 aromatic rings. The van der Waals surface area contributed by atoms with Crippen LogP contribution in [0.4, 0.5) is 13.2 Å². The van der Waals surface area contributed by atoms with Crippen LogP contribution in [-0.2, 0) is 55.7 Å². The Kier molecular flexibility index (Phi) is 13.4. The van der Waals surface area contributed by atoms with Crippen molar-refractivity contribution >= 4 is 11.6 Å². The molecule has 0 radical (unpaired) electrons. The van der Waals surface area contributed by atoms with Gasteiger partial charge in [-0.1, -0.05) is 121 Å². The lowest BCUT2D eigenvalue weighted by Gasteiger charge is -2.52. The number of aliphatic hydroxyl groups is 1. The van der Waals surface area contributed by atoms with Gasteiger partial charge in [-0.2, -0.15) is 13.2 Å². The fourth-order valence-corrected chi connectivity index (χ4v) is 6.70. The Hall–Kier alpha value is -4.26. The highest BCUT2D eigenvalue weighted by Gasteiger charge is 2.58. The number of benzene rings is 5. The molecule has 1 aliphatic rings. The molecule has 0 spiro atoms. The van der Waals surface area contributed by atoms with Crippen LogP contribution >= 0.6 is 11.6 Å². The Balaban J connectivity index is 1.37. The van der Waals surface area contributed by atoms with Gasteiger partial charge in [0, 0.05) is 17.7 Å². The molecule has 1 N–H and O–H groups in total. The van der Waals surface area contributed by atoms with Crippen molar-refractivity contribution in [3.8, 4) is 5.75 Å². The van der Waals surface area contributed by atoms with Crippen LogP contribution in [0.5, 0.6) is 5.75 Å². The average Bonchev–Trinajstić information content (AvgIpc) is 3.19. The maximum atomic E-state index is 12.7. The fourth-order valence-electron chi connectivity index (χ4n) is 6.51. The number of aliphatic hydroxyl groups excluding tert-OH is 1. The van der Waals surface area contributed by atoms with Crippen LogP contribution in [0.2, 0.25) is 5.02 Å². The van der Waals surface area contributed by atoms with Crippen LogP contribution in [0.25, 0.3) is 0 Å². The summed E-state index contributed by atoms with van der Waals surface area (Å²) in [5.41, 5.74) is 4.82. The minimum Gasteiger partial charge on any atom is -0.484 e. The summed E-state index contributed by atoms with van der Waals surface area (Å²) in [5, 5.41) is 11.3. The van der Waals surface area contributed by atoms with Gasteiger partial charge in [0.2, 0.25) is 5.79 Å². The topological polar surface area (TPSA) is 75.6 Å².